The minimum atomic E-state index is -0.0609. The van der Waals surface area contributed by atoms with Gasteiger partial charge >= 0.3 is 0 Å². The summed E-state index contributed by atoms with van der Waals surface area (Å²) in [6.45, 7) is 0.401. The SMILES string of the molecule is O=C(c1csc(-c2ccsc2)n1)N(CCO)C1CC1. The summed E-state index contributed by atoms with van der Waals surface area (Å²) in [5.74, 6) is -0.0609. The molecule has 1 aliphatic rings. The van der Waals surface area contributed by atoms with Crippen molar-refractivity contribution in [3.05, 3.63) is 27.9 Å². The molecule has 2 aromatic heterocycles. The van der Waals surface area contributed by atoms with Crippen LogP contribution in [0.1, 0.15) is 23.3 Å². The van der Waals surface area contributed by atoms with Crippen molar-refractivity contribution in [2.75, 3.05) is 13.2 Å². The van der Waals surface area contributed by atoms with Gasteiger partial charge in [0.1, 0.15) is 10.7 Å². The van der Waals surface area contributed by atoms with Crippen LogP contribution < -0.4 is 0 Å². The van der Waals surface area contributed by atoms with Gasteiger partial charge in [-0.2, -0.15) is 11.3 Å². The first-order chi connectivity index (χ1) is 9.29. The van der Waals surface area contributed by atoms with Crippen molar-refractivity contribution in [1.29, 1.82) is 0 Å². The third-order valence-corrected chi connectivity index (χ3v) is 4.66. The minimum Gasteiger partial charge on any atom is -0.395 e. The van der Waals surface area contributed by atoms with E-state index in [1.165, 1.54) is 11.3 Å². The zero-order chi connectivity index (χ0) is 13.2. The average Bonchev–Trinajstić information content (AvgIpc) is 2.95. The Balaban J connectivity index is 1.79. The van der Waals surface area contributed by atoms with E-state index in [0.29, 0.717) is 18.3 Å². The Hall–Kier alpha value is -1.24. The predicted octanol–water partition coefficient (Wildman–Crippen LogP) is 2.47. The molecule has 3 rings (SSSR count). The molecule has 0 aromatic carbocycles. The Labute approximate surface area is 119 Å². The van der Waals surface area contributed by atoms with Crippen molar-refractivity contribution < 1.29 is 9.90 Å². The number of amides is 1. The second-order valence-electron chi connectivity index (χ2n) is 4.50. The van der Waals surface area contributed by atoms with E-state index in [2.05, 4.69) is 4.98 Å². The fourth-order valence-electron chi connectivity index (χ4n) is 1.98. The number of carbonyl (C=O) groups is 1. The number of hydrogen-bond donors (Lipinski definition) is 1. The fraction of sp³-hybridized carbons (Fsp3) is 0.385. The summed E-state index contributed by atoms with van der Waals surface area (Å²) in [5.41, 5.74) is 1.56. The van der Waals surface area contributed by atoms with E-state index in [1.807, 2.05) is 22.2 Å². The maximum atomic E-state index is 12.4. The van der Waals surface area contributed by atoms with Gasteiger partial charge in [0.25, 0.3) is 5.91 Å². The summed E-state index contributed by atoms with van der Waals surface area (Å²) in [4.78, 5) is 18.5. The highest BCUT2D eigenvalue weighted by Gasteiger charge is 2.33. The number of thiophene rings is 1. The molecule has 0 saturated heterocycles. The number of rotatable bonds is 5. The van der Waals surface area contributed by atoms with Crippen molar-refractivity contribution in [1.82, 2.24) is 9.88 Å². The van der Waals surface area contributed by atoms with Crippen LogP contribution >= 0.6 is 22.7 Å². The molecule has 1 saturated carbocycles. The lowest BCUT2D eigenvalue weighted by molar-refractivity contribution is 0.0702. The number of carbonyl (C=O) groups excluding carboxylic acids is 1. The molecule has 1 aliphatic carbocycles. The van der Waals surface area contributed by atoms with Crippen molar-refractivity contribution in [3.8, 4) is 10.6 Å². The van der Waals surface area contributed by atoms with Crippen LogP contribution in [0.5, 0.6) is 0 Å². The molecule has 100 valence electrons. The normalized spacial score (nSPS) is 14.6. The lowest BCUT2D eigenvalue weighted by Gasteiger charge is -2.19. The van der Waals surface area contributed by atoms with Gasteiger partial charge in [-0.25, -0.2) is 4.98 Å². The fourth-order valence-corrected chi connectivity index (χ4v) is 3.49. The standard InChI is InChI=1S/C13H14N2O2S2/c16-5-4-15(10-1-2-10)13(17)11-8-19-12(14-11)9-3-6-18-7-9/h3,6-8,10,16H,1-2,4-5H2. The second kappa shape index (κ2) is 5.40. The Kier molecular flexibility index (Phi) is 3.63. The number of aliphatic hydroxyl groups is 1. The van der Waals surface area contributed by atoms with Crippen molar-refractivity contribution >= 4 is 28.6 Å². The van der Waals surface area contributed by atoms with Crippen LogP contribution in [0.3, 0.4) is 0 Å². The predicted molar refractivity (Wildman–Crippen MR) is 76.6 cm³/mol. The third-order valence-electron chi connectivity index (χ3n) is 3.08. The Morgan fingerprint density at radius 2 is 2.32 bits per heavy atom. The molecule has 2 aromatic rings. The van der Waals surface area contributed by atoms with Gasteiger partial charge in [-0.3, -0.25) is 4.79 Å². The summed E-state index contributed by atoms with van der Waals surface area (Å²) < 4.78 is 0. The van der Waals surface area contributed by atoms with Crippen molar-refractivity contribution in [3.63, 3.8) is 0 Å². The van der Waals surface area contributed by atoms with Gasteiger partial charge in [-0.05, 0) is 24.3 Å². The average molecular weight is 294 g/mol. The van der Waals surface area contributed by atoms with E-state index in [4.69, 9.17) is 5.11 Å². The van der Waals surface area contributed by atoms with Crippen molar-refractivity contribution in [2.24, 2.45) is 0 Å². The molecule has 0 aliphatic heterocycles. The summed E-state index contributed by atoms with van der Waals surface area (Å²) in [7, 11) is 0. The molecule has 0 atom stereocenters. The second-order valence-corrected chi connectivity index (χ2v) is 6.14. The molecule has 4 nitrogen and oxygen atoms in total. The molecule has 1 fully saturated rings. The van der Waals surface area contributed by atoms with Crippen LogP contribution in [0.15, 0.2) is 22.2 Å². The van der Waals surface area contributed by atoms with Gasteiger partial charge < -0.3 is 10.0 Å². The molecule has 1 amide bonds. The van der Waals surface area contributed by atoms with E-state index in [0.717, 1.165) is 23.4 Å². The number of nitrogens with zero attached hydrogens (tertiary/aromatic N) is 2. The quantitative estimate of drug-likeness (QED) is 0.921. The molecule has 0 spiro atoms. The lowest BCUT2D eigenvalue weighted by Crippen LogP contribution is -2.35. The maximum Gasteiger partial charge on any atom is 0.273 e. The van der Waals surface area contributed by atoms with Crippen LogP contribution in [-0.2, 0) is 0 Å². The summed E-state index contributed by atoms with van der Waals surface area (Å²) in [5, 5.41) is 15.8. The van der Waals surface area contributed by atoms with Gasteiger partial charge in [0.15, 0.2) is 0 Å². The van der Waals surface area contributed by atoms with E-state index >= 15 is 0 Å². The number of hydrogen-bond acceptors (Lipinski definition) is 5. The van der Waals surface area contributed by atoms with E-state index in [1.54, 1.807) is 16.2 Å². The van der Waals surface area contributed by atoms with E-state index < -0.39 is 0 Å². The Bertz CT molecular complexity index is 561. The molecule has 19 heavy (non-hydrogen) atoms. The van der Waals surface area contributed by atoms with Crippen LogP contribution in [0.25, 0.3) is 10.6 Å². The van der Waals surface area contributed by atoms with E-state index in [-0.39, 0.29) is 12.5 Å². The largest absolute Gasteiger partial charge is 0.395 e. The van der Waals surface area contributed by atoms with Gasteiger partial charge in [-0.15, -0.1) is 11.3 Å². The molecule has 1 N–H and O–H groups in total. The number of aromatic nitrogens is 1. The third kappa shape index (κ3) is 2.70. The highest BCUT2D eigenvalue weighted by molar-refractivity contribution is 7.14. The van der Waals surface area contributed by atoms with Crippen LogP contribution in [0, 0.1) is 0 Å². The highest BCUT2D eigenvalue weighted by Crippen LogP contribution is 2.30. The van der Waals surface area contributed by atoms with Crippen LogP contribution in [0.2, 0.25) is 0 Å². The lowest BCUT2D eigenvalue weighted by atomic mass is 10.3. The van der Waals surface area contributed by atoms with E-state index in [9.17, 15) is 4.79 Å². The molecule has 0 bridgehead atoms. The Morgan fingerprint density at radius 1 is 1.47 bits per heavy atom. The first-order valence-corrected chi connectivity index (χ1v) is 8.02. The molecule has 0 unspecified atom stereocenters. The van der Waals surface area contributed by atoms with Crippen LogP contribution in [-0.4, -0.2) is 40.1 Å². The first kappa shape index (κ1) is 12.8. The monoisotopic (exact) mass is 294 g/mol. The maximum absolute atomic E-state index is 12.4. The molecular weight excluding hydrogens is 280 g/mol. The molecule has 0 radical (unpaired) electrons. The van der Waals surface area contributed by atoms with Gasteiger partial charge in [0.2, 0.25) is 0 Å². The summed E-state index contributed by atoms with van der Waals surface area (Å²) >= 11 is 3.11. The summed E-state index contributed by atoms with van der Waals surface area (Å²) in [6, 6.07) is 2.30. The topological polar surface area (TPSA) is 53.4 Å². The van der Waals surface area contributed by atoms with Gasteiger partial charge in [0, 0.05) is 28.9 Å². The van der Waals surface area contributed by atoms with Gasteiger partial charge in [-0.1, -0.05) is 0 Å². The number of aliphatic hydroxyl groups excluding tert-OH is 1. The molecular formula is C13H14N2O2S2. The zero-order valence-corrected chi connectivity index (χ0v) is 11.9. The van der Waals surface area contributed by atoms with Crippen LogP contribution in [0.4, 0.5) is 0 Å². The molecule has 6 heteroatoms. The van der Waals surface area contributed by atoms with Crippen molar-refractivity contribution in [2.45, 2.75) is 18.9 Å². The number of thiazole rings is 1. The van der Waals surface area contributed by atoms with Gasteiger partial charge in [0.05, 0.1) is 6.61 Å². The first-order valence-electron chi connectivity index (χ1n) is 6.19. The minimum absolute atomic E-state index is 0.00373. The summed E-state index contributed by atoms with van der Waals surface area (Å²) in [6.07, 6.45) is 2.07. The Morgan fingerprint density at radius 3 is 2.95 bits per heavy atom. The highest BCUT2D eigenvalue weighted by atomic mass is 32.1. The zero-order valence-electron chi connectivity index (χ0n) is 10.3. The molecule has 2 heterocycles. The smallest absolute Gasteiger partial charge is 0.273 e.